The lowest BCUT2D eigenvalue weighted by Gasteiger charge is -2.14. The SMILES string of the molecule is CCc1nc(Nc2cccc(CCNC(=O)C(C)NC)c2)c(C(N)=O)nc1CC. The van der Waals surface area contributed by atoms with Gasteiger partial charge in [0.2, 0.25) is 5.91 Å². The zero-order valence-corrected chi connectivity index (χ0v) is 17.5. The lowest BCUT2D eigenvalue weighted by Crippen LogP contribution is -2.41. The largest absolute Gasteiger partial charge is 0.364 e. The average Bonchev–Trinajstić information content (AvgIpc) is 2.72. The summed E-state index contributed by atoms with van der Waals surface area (Å²) in [6.07, 6.45) is 2.08. The third-order valence-electron chi connectivity index (χ3n) is 4.68. The van der Waals surface area contributed by atoms with Gasteiger partial charge in [-0.1, -0.05) is 26.0 Å². The summed E-state index contributed by atoms with van der Waals surface area (Å²) in [4.78, 5) is 32.7. The van der Waals surface area contributed by atoms with Crippen LogP contribution in [0.5, 0.6) is 0 Å². The normalized spacial score (nSPS) is 11.7. The van der Waals surface area contributed by atoms with E-state index in [1.165, 1.54) is 0 Å². The molecule has 0 bridgehead atoms. The number of nitrogens with one attached hydrogen (secondary N) is 3. The van der Waals surface area contributed by atoms with Crippen LogP contribution in [0, 0.1) is 0 Å². The molecule has 0 saturated carbocycles. The van der Waals surface area contributed by atoms with Crippen molar-refractivity contribution in [2.75, 3.05) is 18.9 Å². The van der Waals surface area contributed by atoms with Crippen LogP contribution in [0.1, 0.15) is 48.2 Å². The molecule has 2 aromatic rings. The maximum atomic E-state index is 11.9. The Morgan fingerprint density at radius 1 is 1.14 bits per heavy atom. The van der Waals surface area contributed by atoms with Crippen molar-refractivity contribution in [1.82, 2.24) is 20.6 Å². The zero-order valence-electron chi connectivity index (χ0n) is 17.5. The maximum absolute atomic E-state index is 11.9. The molecule has 0 aliphatic heterocycles. The third kappa shape index (κ3) is 5.99. The van der Waals surface area contributed by atoms with Crippen LogP contribution in [0.25, 0.3) is 0 Å². The standard InChI is InChI=1S/C21H30N6O2/c1-5-16-17(6-2)27-20(18(26-16)19(22)28)25-15-9-7-8-14(12-15)10-11-24-21(29)13(3)23-4/h7-9,12-13,23H,5-6,10-11H2,1-4H3,(H2,22,28)(H,24,29)(H,25,27). The number of rotatable bonds is 10. The Labute approximate surface area is 171 Å². The van der Waals surface area contributed by atoms with E-state index in [1.54, 1.807) is 7.05 Å². The van der Waals surface area contributed by atoms with Gasteiger partial charge in [-0.3, -0.25) is 9.59 Å². The topological polar surface area (TPSA) is 122 Å². The van der Waals surface area contributed by atoms with E-state index in [-0.39, 0.29) is 17.6 Å². The first-order valence-electron chi connectivity index (χ1n) is 9.90. The van der Waals surface area contributed by atoms with Gasteiger partial charge in [0.1, 0.15) is 0 Å². The van der Waals surface area contributed by atoms with Crippen molar-refractivity contribution in [1.29, 1.82) is 0 Å². The van der Waals surface area contributed by atoms with Gasteiger partial charge in [-0.05, 0) is 50.9 Å². The molecule has 29 heavy (non-hydrogen) atoms. The molecule has 0 fully saturated rings. The van der Waals surface area contributed by atoms with Gasteiger partial charge in [0, 0.05) is 12.2 Å². The number of nitrogens with two attached hydrogens (primary N) is 1. The molecule has 2 amide bonds. The molecule has 2 rings (SSSR count). The van der Waals surface area contributed by atoms with E-state index in [2.05, 4.69) is 25.9 Å². The van der Waals surface area contributed by atoms with Crippen LogP contribution in [0.4, 0.5) is 11.5 Å². The fourth-order valence-corrected chi connectivity index (χ4v) is 2.89. The molecule has 1 heterocycles. The van der Waals surface area contributed by atoms with Crippen LogP contribution in [-0.4, -0.2) is 41.4 Å². The number of carbonyl (C=O) groups is 2. The minimum absolute atomic E-state index is 0.0359. The van der Waals surface area contributed by atoms with Crippen molar-refractivity contribution in [3.05, 3.63) is 46.9 Å². The van der Waals surface area contributed by atoms with Crippen LogP contribution in [0.15, 0.2) is 24.3 Å². The number of anilines is 2. The summed E-state index contributed by atoms with van der Waals surface area (Å²) in [7, 11) is 1.75. The minimum atomic E-state index is -0.616. The minimum Gasteiger partial charge on any atom is -0.364 e. The molecule has 8 nitrogen and oxygen atoms in total. The summed E-state index contributed by atoms with van der Waals surface area (Å²) in [6, 6.07) is 7.51. The molecular formula is C21H30N6O2. The fourth-order valence-electron chi connectivity index (χ4n) is 2.89. The van der Waals surface area contributed by atoms with Crippen LogP contribution in [-0.2, 0) is 24.1 Å². The van der Waals surface area contributed by atoms with Crippen LogP contribution >= 0.6 is 0 Å². The van der Waals surface area contributed by atoms with Gasteiger partial charge in [0.05, 0.1) is 17.4 Å². The second-order valence-electron chi connectivity index (χ2n) is 6.76. The summed E-state index contributed by atoms with van der Waals surface area (Å²) in [6.45, 7) is 6.32. The molecule has 1 atom stereocenters. The second kappa shape index (κ2) is 10.5. The summed E-state index contributed by atoms with van der Waals surface area (Å²) < 4.78 is 0. The number of hydrogen-bond donors (Lipinski definition) is 4. The molecule has 1 unspecified atom stereocenters. The first-order chi connectivity index (χ1) is 13.9. The van der Waals surface area contributed by atoms with Crippen LogP contribution < -0.4 is 21.7 Å². The molecule has 8 heteroatoms. The van der Waals surface area contributed by atoms with Gasteiger partial charge >= 0.3 is 0 Å². The Balaban J connectivity index is 2.15. The smallest absolute Gasteiger partial charge is 0.271 e. The monoisotopic (exact) mass is 398 g/mol. The van der Waals surface area contributed by atoms with Gasteiger partial charge in [-0.15, -0.1) is 0 Å². The summed E-state index contributed by atoms with van der Waals surface area (Å²) in [5.74, 6) is -0.291. The number of primary amides is 1. The van der Waals surface area contributed by atoms with Crippen molar-refractivity contribution in [3.8, 4) is 0 Å². The third-order valence-corrected chi connectivity index (χ3v) is 4.68. The first-order valence-corrected chi connectivity index (χ1v) is 9.90. The van der Waals surface area contributed by atoms with Crippen LogP contribution in [0.3, 0.4) is 0 Å². The van der Waals surface area contributed by atoms with Gasteiger partial charge in [0.15, 0.2) is 11.5 Å². The van der Waals surface area contributed by atoms with E-state index in [0.717, 1.165) is 22.6 Å². The predicted octanol–water partition coefficient (Wildman–Crippen LogP) is 1.71. The Hall–Kier alpha value is -3.00. The molecule has 0 aliphatic carbocycles. The molecule has 0 saturated heterocycles. The first kappa shape index (κ1) is 22.3. The molecule has 1 aromatic heterocycles. The fraction of sp³-hybridized carbons (Fsp3) is 0.429. The number of carbonyl (C=O) groups excluding carboxylic acids is 2. The average molecular weight is 399 g/mol. The maximum Gasteiger partial charge on any atom is 0.271 e. The molecule has 156 valence electrons. The predicted molar refractivity (Wildman–Crippen MR) is 114 cm³/mol. The van der Waals surface area contributed by atoms with Crippen LogP contribution in [0.2, 0.25) is 0 Å². The van der Waals surface area contributed by atoms with Gasteiger partial charge in [-0.2, -0.15) is 0 Å². The Bertz CT molecular complexity index is 868. The highest BCUT2D eigenvalue weighted by molar-refractivity contribution is 5.96. The summed E-state index contributed by atoms with van der Waals surface area (Å²) >= 11 is 0. The van der Waals surface area contributed by atoms with E-state index in [9.17, 15) is 9.59 Å². The zero-order chi connectivity index (χ0) is 21.4. The lowest BCUT2D eigenvalue weighted by molar-refractivity contribution is -0.122. The molecule has 1 aromatic carbocycles. The number of aryl methyl sites for hydroxylation is 2. The lowest BCUT2D eigenvalue weighted by atomic mass is 10.1. The van der Waals surface area contributed by atoms with Crippen molar-refractivity contribution >= 4 is 23.3 Å². The number of nitrogens with zero attached hydrogens (tertiary/aromatic N) is 2. The van der Waals surface area contributed by atoms with Gasteiger partial charge in [0.25, 0.3) is 5.91 Å². The summed E-state index contributed by atoms with van der Waals surface area (Å²) in [5, 5.41) is 8.98. The molecule has 0 aliphatic rings. The van der Waals surface area contributed by atoms with Crippen molar-refractivity contribution in [2.45, 2.75) is 46.1 Å². The quantitative estimate of drug-likeness (QED) is 0.483. The number of likely N-dealkylation sites (N-methyl/N-ethyl adjacent to an activating group) is 1. The Morgan fingerprint density at radius 3 is 2.45 bits per heavy atom. The van der Waals surface area contributed by atoms with E-state index >= 15 is 0 Å². The highest BCUT2D eigenvalue weighted by Gasteiger charge is 2.16. The number of hydrogen-bond acceptors (Lipinski definition) is 6. The number of amides is 2. The highest BCUT2D eigenvalue weighted by atomic mass is 16.2. The Morgan fingerprint density at radius 2 is 1.83 bits per heavy atom. The van der Waals surface area contributed by atoms with Gasteiger partial charge in [-0.25, -0.2) is 9.97 Å². The van der Waals surface area contributed by atoms with Crippen molar-refractivity contribution < 1.29 is 9.59 Å². The van der Waals surface area contributed by atoms with Crippen molar-refractivity contribution in [2.24, 2.45) is 5.73 Å². The Kier molecular flexibility index (Phi) is 8.09. The highest BCUT2D eigenvalue weighted by Crippen LogP contribution is 2.21. The van der Waals surface area contributed by atoms with E-state index in [1.807, 2.05) is 45.0 Å². The van der Waals surface area contributed by atoms with E-state index < -0.39 is 5.91 Å². The molecule has 0 radical (unpaired) electrons. The number of benzene rings is 1. The second-order valence-corrected chi connectivity index (χ2v) is 6.76. The van der Waals surface area contributed by atoms with Crippen molar-refractivity contribution in [3.63, 3.8) is 0 Å². The van der Waals surface area contributed by atoms with E-state index in [0.29, 0.717) is 31.6 Å². The van der Waals surface area contributed by atoms with E-state index in [4.69, 9.17) is 5.73 Å². The molecule has 0 spiro atoms. The number of aromatic nitrogens is 2. The molecule has 5 N–H and O–H groups in total. The van der Waals surface area contributed by atoms with Gasteiger partial charge < -0.3 is 21.7 Å². The molecular weight excluding hydrogens is 368 g/mol. The summed E-state index contributed by atoms with van der Waals surface area (Å²) in [5.41, 5.74) is 9.10.